The van der Waals surface area contributed by atoms with Crippen molar-refractivity contribution < 1.29 is 20.1 Å². The van der Waals surface area contributed by atoms with Crippen molar-refractivity contribution in [3.63, 3.8) is 0 Å². The van der Waals surface area contributed by atoms with Crippen molar-refractivity contribution in [3.8, 4) is 11.5 Å². The van der Waals surface area contributed by atoms with E-state index in [1.807, 2.05) is 24.3 Å². The van der Waals surface area contributed by atoms with Crippen LogP contribution in [0.2, 0.25) is 0 Å². The smallest absolute Gasteiger partial charge is 0.199 e. The predicted octanol–water partition coefficient (Wildman–Crippen LogP) is 3.80. The number of hydrogen-bond donors (Lipinski definition) is 1. The third-order valence-electron chi connectivity index (χ3n) is 4.57. The molecule has 4 nitrogen and oxygen atoms in total. The van der Waals surface area contributed by atoms with Gasteiger partial charge in [0.05, 0.1) is 6.61 Å². The number of aromatic hydroxyl groups is 1. The van der Waals surface area contributed by atoms with Gasteiger partial charge in [0.25, 0.3) is 0 Å². The summed E-state index contributed by atoms with van der Waals surface area (Å²) in [6.45, 7) is 5.15. The van der Waals surface area contributed by atoms with Crippen LogP contribution in [0.1, 0.15) is 44.2 Å². The van der Waals surface area contributed by atoms with Gasteiger partial charge in [0.2, 0.25) is 0 Å². The van der Waals surface area contributed by atoms with Crippen LogP contribution in [0.25, 0.3) is 0 Å². The van der Waals surface area contributed by atoms with Crippen molar-refractivity contribution in [1.82, 2.24) is 0 Å². The number of hydrogen-bond acceptors (Lipinski definition) is 3. The summed E-state index contributed by atoms with van der Waals surface area (Å²) in [5.74, 6) is 1.14. The van der Waals surface area contributed by atoms with Gasteiger partial charge in [-0.05, 0) is 48.2 Å². The van der Waals surface area contributed by atoms with Crippen molar-refractivity contribution in [2.75, 3.05) is 6.61 Å². The van der Waals surface area contributed by atoms with E-state index in [0.717, 1.165) is 31.6 Å². The van der Waals surface area contributed by atoms with Crippen LogP contribution in [0.4, 0.5) is 0 Å². The molecule has 0 aliphatic carbocycles. The first kappa shape index (κ1) is 18.3. The van der Waals surface area contributed by atoms with Crippen LogP contribution in [0.3, 0.4) is 0 Å². The third kappa shape index (κ3) is 4.08. The first-order valence-corrected chi connectivity index (χ1v) is 8.24. The SMILES string of the molecule is CC(C)(c1ccc(O)cc1)c1ccc(OC2CCCCO2)cc1.O. The van der Waals surface area contributed by atoms with Crippen molar-refractivity contribution >= 4 is 0 Å². The number of rotatable bonds is 4. The Morgan fingerprint density at radius 3 is 2.08 bits per heavy atom. The standard InChI is InChI=1S/C20H24O3.H2O/c1-20(2,15-6-10-17(21)11-7-15)16-8-12-18(13-9-16)23-19-5-3-4-14-22-19;/h6-13,19,21H,3-5,14H2,1-2H3;1H2. The molecule has 1 aliphatic heterocycles. The monoisotopic (exact) mass is 330 g/mol. The number of benzene rings is 2. The van der Waals surface area contributed by atoms with E-state index in [2.05, 4.69) is 26.0 Å². The van der Waals surface area contributed by atoms with Gasteiger partial charge < -0.3 is 20.1 Å². The summed E-state index contributed by atoms with van der Waals surface area (Å²) in [6, 6.07) is 15.6. The highest BCUT2D eigenvalue weighted by molar-refractivity contribution is 5.41. The summed E-state index contributed by atoms with van der Waals surface area (Å²) in [5, 5.41) is 9.46. The Morgan fingerprint density at radius 2 is 1.54 bits per heavy atom. The topological polar surface area (TPSA) is 70.2 Å². The van der Waals surface area contributed by atoms with Crippen LogP contribution in [0, 0.1) is 0 Å². The van der Waals surface area contributed by atoms with E-state index in [0.29, 0.717) is 5.75 Å². The second-order valence-corrected chi connectivity index (χ2v) is 6.61. The molecule has 130 valence electrons. The Kier molecular flexibility index (Phi) is 5.86. The maximum atomic E-state index is 9.46. The highest BCUT2D eigenvalue weighted by Crippen LogP contribution is 2.33. The van der Waals surface area contributed by atoms with Crippen molar-refractivity contribution in [2.24, 2.45) is 0 Å². The van der Waals surface area contributed by atoms with Gasteiger partial charge in [-0.2, -0.15) is 0 Å². The predicted molar refractivity (Wildman–Crippen MR) is 94.5 cm³/mol. The number of ether oxygens (including phenoxy) is 2. The van der Waals surface area contributed by atoms with E-state index >= 15 is 0 Å². The molecule has 0 bridgehead atoms. The molecule has 1 unspecified atom stereocenters. The Labute approximate surface area is 143 Å². The number of phenolic OH excluding ortho intramolecular Hbond substituents is 1. The summed E-state index contributed by atoms with van der Waals surface area (Å²) in [6.07, 6.45) is 3.14. The van der Waals surface area contributed by atoms with E-state index in [4.69, 9.17) is 9.47 Å². The van der Waals surface area contributed by atoms with Crippen LogP contribution in [-0.2, 0) is 10.2 Å². The molecule has 2 aromatic rings. The van der Waals surface area contributed by atoms with Gasteiger partial charge in [-0.15, -0.1) is 0 Å². The quantitative estimate of drug-likeness (QED) is 0.927. The zero-order valence-electron chi connectivity index (χ0n) is 14.3. The van der Waals surface area contributed by atoms with Gasteiger partial charge in [-0.1, -0.05) is 38.1 Å². The normalized spacial score (nSPS) is 17.8. The van der Waals surface area contributed by atoms with E-state index in [1.54, 1.807) is 12.1 Å². The maximum absolute atomic E-state index is 9.46. The molecular formula is C20H26O4. The molecule has 24 heavy (non-hydrogen) atoms. The molecular weight excluding hydrogens is 304 g/mol. The molecule has 0 radical (unpaired) electrons. The minimum Gasteiger partial charge on any atom is -0.508 e. The summed E-state index contributed by atoms with van der Waals surface area (Å²) in [7, 11) is 0. The second-order valence-electron chi connectivity index (χ2n) is 6.61. The zero-order chi connectivity index (χ0) is 16.3. The molecule has 1 aliphatic rings. The summed E-state index contributed by atoms with van der Waals surface area (Å²) < 4.78 is 11.5. The Morgan fingerprint density at radius 1 is 0.958 bits per heavy atom. The fourth-order valence-corrected chi connectivity index (χ4v) is 2.95. The minimum atomic E-state index is -0.131. The fourth-order valence-electron chi connectivity index (χ4n) is 2.95. The summed E-state index contributed by atoms with van der Waals surface area (Å²) >= 11 is 0. The largest absolute Gasteiger partial charge is 0.508 e. The molecule has 0 spiro atoms. The third-order valence-corrected chi connectivity index (χ3v) is 4.57. The Bertz CT molecular complexity index is 626. The van der Waals surface area contributed by atoms with Crippen LogP contribution in [0.5, 0.6) is 11.5 Å². The van der Waals surface area contributed by atoms with Gasteiger partial charge in [0, 0.05) is 11.8 Å². The zero-order valence-corrected chi connectivity index (χ0v) is 14.3. The molecule has 1 fully saturated rings. The first-order chi connectivity index (χ1) is 11.1. The van der Waals surface area contributed by atoms with Gasteiger partial charge in [-0.25, -0.2) is 0 Å². The van der Waals surface area contributed by atoms with Crippen molar-refractivity contribution in [3.05, 3.63) is 59.7 Å². The molecule has 0 saturated carbocycles. The minimum absolute atomic E-state index is 0. The first-order valence-electron chi connectivity index (χ1n) is 8.24. The lowest BCUT2D eigenvalue weighted by molar-refractivity contribution is -0.105. The van der Waals surface area contributed by atoms with Crippen molar-refractivity contribution in [2.45, 2.75) is 44.8 Å². The van der Waals surface area contributed by atoms with E-state index in [-0.39, 0.29) is 17.2 Å². The molecule has 3 N–H and O–H groups in total. The molecule has 1 saturated heterocycles. The lowest BCUT2D eigenvalue weighted by Gasteiger charge is -2.27. The van der Waals surface area contributed by atoms with E-state index in [1.165, 1.54) is 11.1 Å². The Balaban J connectivity index is 0.00000208. The molecule has 0 aromatic heterocycles. The van der Waals surface area contributed by atoms with E-state index in [9.17, 15) is 5.11 Å². The molecule has 4 heteroatoms. The summed E-state index contributed by atoms with van der Waals surface area (Å²) in [5.41, 5.74) is 2.24. The molecule has 0 amide bonds. The van der Waals surface area contributed by atoms with Crippen LogP contribution in [0.15, 0.2) is 48.5 Å². The van der Waals surface area contributed by atoms with Gasteiger partial charge in [0.15, 0.2) is 6.29 Å². The van der Waals surface area contributed by atoms with Crippen molar-refractivity contribution in [1.29, 1.82) is 0 Å². The highest BCUT2D eigenvalue weighted by atomic mass is 16.7. The molecule has 1 atom stereocenters. The van der Waals surface area contributed by atoms with Gasteiger partial charge in [-0.3, -0.25) is 0 Å². The van der Waals surface area contributed by atoms with Gasteiger partial charge >= 0.3 is 0 Å². The second kappa shape index (κ2) is 7.69. The van der Waals surface area contributed by atoms with Crippen LogP contribution >= 0.6 is 0 Å². The molecule has 1 heterocycles. The van der Waals surface area contributed by atoms with E-state index < -0.39 is 0 Å². The number of phenols is 1. The highest BCUT2D eigenvalue weighted by Gasteiger charge is 2.23. The molecule has 2 aromatic carbocycles. The fraction of sp³-hybridized carbons (Fsp3) is 0.400. The van der Waals surface area contributed by atoms with Crippen LogP contribution < -0.4 is 4.74 Å². The lowest BCUT2D eigenvalue weighted by atomic mass is 9.78. The summed E-state index contributed by atoms with van der Waals surface area (Å²) in [4.78, 5) is 0. The maximum Gasteiger partial charge on any atom is 0.199 e. The van der Waals surface area contributed by atoms with Crippen LogP contribution in [-0.4, -0.2) is 23.5 Å². The Hall–Kier alpha value is -2.04. The van der Waals surface area contributed by atoms with Gasteiger partial charge in [0.1, 0.15) is 11.5 Å². The molecule has 3 rings (SSSR count). The average molecular weight is 330 g/mol. The average Bonchev–Trinajstić information content (AvgIpc) is 2.57. The lowest BCUT2D eigenvalue weighted by Crippen LogP contribution is -2.25.